The molecule has 106 valence electrons. The second kappa shape index (κ2) is 7.25. The smallest absolute Gasteiger partial charge is 0.124 e. The first-order chi connectivity index (χ1) is 9.80. The number of ether oxygens (including phenoxy) is 1. The number of anilines is 1. The molecule has 1 N–H and O–H groups in total. The molecule has 2 aromatic carbocycles. The van der Waals surface area contributed by atoms with E-state index in [9.17, 15) is 0 Å². The summed E-state index contributed by atoms with van der Waals surface area (Å²) < 4.78 is 5.48. The molecular weight excluding hydrogens is 266 g/mol. The number of benzene rings is 2. The minimum Gasteiger partial charge on any atom is -0.496 e. The predicted molar refractivity (Wildman–Crippen MR) is 87.9 cm³/mol. The minimum atomic E-state index is 0.249. The van der Waals surface area contributed by atoms with Gasteiger partial charge in [-0.25, -0.2) is 0 Å². The molecule has 0 saturated heterocycles. The van der Waals surface area contributed by atoms with Crippen molar-refractivity contribution in [2.75, 3.05) is 18.7 Å². The third-order valence-electron chi connectivity index (χ3n) is 3.36. The quantitative estimate of drug-likeness (QED) is 0.757. The summed E-state index contributed by atoms with van der Waals surface area (Å²) in [5, 5.41) is 3.64. The average Bonchev–Trinajstić information content (AvgIpc) is 2.53. The van der Waals surface area contributed by atoms with E-state index in [4.69, 9.17) is 4.74 Å². The lowest BCUT2D eigenvalue weighted by Gasteiger charge is -2.22. The van der Waals surface area contributed by atoms with Crippen molar-refractivity contribution < 1.29 is 4.74 Å². The first kappa shape index (κ1) is 14.8. The van der Waals surface area contributed by atoms with Crippen LogP contribution in [0, 0.1) is 0 Å². The van der Waals surface area contributed by atoms with Gasteiger partial charge in [-0.05, 0) is 30.9 Å². The van der Waals surface area contributed by atoms with Crippen LogP contribution in [0.3, 0.4) is 0 Å². The van der Waals surface area contributed by atoms with Gasteiger partial charge in [-0.1, -0.05) is 37.3 Å². The predicted octanol–water partition coefficient (Wildman–Crippen LogP) is 4.98. The summed E-state index contributed by atoms with van der Waals surface area (Å²) in [7, 11) is 1.72. The van der Waals surface area contributed by atoms with E-state index in [2.05, 4.69) is 54.9 Å². The Morgan fingerprint density at radius 3 is 2.50 bits per heavy atom. The van der Waals surface area contributed by atoms with E-state index in [0.717, 1.165) is 12.2 Å². The minimum absolute atomic E-state index is 0.249. The van der Waals surface area contributed by atoms with Gasteiger partial charge in [-0.15, -0.1) is 11.8 Å². The molecule has 2 aromatic rings. The van der Waals surface area contributed by atoms with Crippen molar-refractivity contribution in [1.29, 1.82) is 0 Å². The van der Waals surface area contributed by atoms with E-state index in [1.165, 1.54) is 16.1 Å². The fraction of sp³-hybridized carbons (Fsp3) is 0.294. The fourth-order valence-corrected chi connectivity index (χ4v) is 2.87. The summed E-state index contributed by atoms with van der Waals surface area (Å²) in [6.07, 6.45) is 3.10. The molecule has 20 heavy (non-hydrogen) atoms. The largest absolute Gasteiger partial charge is 0.496 e. The molecule has 0 heterocycles. The van der Waals surface area contributed by atoms with Crippen molar-refractivity contribution in [2.45, 2.75) is 24.3 Å². The zero-order valence-electron chi connectivity index (χ0n) is 12.2. The number of thioether (sulfide) groups is 1. The molecule has 0 aliphatic rings. The van der Waals surface area contributed by atoms with Crippen LogP contribution in [-0.4, -0.2) is 13.4 Å². The van der Waals surface area contributed by atoms with Crippen LogP contribution in [-0.2, 0) is 0 Å². The van der Waals surface area contributed by atoms with Crippen LogP contribution in [0.15, 0.2) is 53.4 Å². The van der Waals surface area contributed by atoms with Crippen LogP contribution in [0.1, 0.15) is 24.9 Å². The van der Waals surface area contributed by atoms with Crippen molar-refractivity contribution >= 4 is 17.4 Å². The van der Waals surface area contributed by atoms with Gasteiger partial charge >= 0.3 is 0 Å². The second-order valence-corrected chi connectivity index (χ2v) is 5.40. The monoisotopic (exact) mass is 287 g/mol. The lowest BCUT2D eigenvalue weighted by molar-refractivity contribution is 0.406. The molecule has 0 bridgehead atoms. The number of rotatable bonds is 6. The van der Waals surface area contributed by atoms with Crippen LogP contribution < -0.4 is 10.1 Å². The molecule has 3 heteroatoms. The number of methoxy groups -OCH3 is 1. The molecule has 2 rings (SSSR count). The Morgan fingerprint density at radius 2 is 1.80 bits per heavy atom. The highest BCUT2D eigenvalue weighted by Crippen LogP contribution is 2.33. The summed E-state index contributed by atoms with van der Waals surface area (Å²) in [4.78, 5) is 1.26. The topological polar surface area (TPSA) is 21.3 Å². The molecule has 2 nitrogen and oxygen atoms in total. The molecule has 1 atom stereocenters. The van der Waals surface area contributed by atoms with Gasteiger partial charge in [-0.2, -0.15) is 0 Å². The Bertz CT molecular complexity index is 556. The van der Waals surface area contributed by atoms with Crippen molar-refractivity contribution in [2.24, 2.45) is 0 Å². The standard InChI is InChI=1S/C17H21NOS/c1-4-14(13-9-5-7-11-16(13)19-2)18-15-10-6-8-12-17(15)20-3/h5-12,14,18H,4H2,1-3H3. The van der Waals surface area contributed by atoms with Crippen LogP contribution >= 0.6 is 11.8 Å². The number of nitrogens with one attached hydrogen (secondary N) is 1. The maximum atomic E-state index is 5.48. The van der Waals surface area contributed by atoms with Crippen molar-refractivity contribution in [3.05, 3.63) is 54.1 Å². The van der Waals surface area contributed by atoms with E-state index in [0.29, 0.717) is 0 Å². The SMILES string of the molecule is CCC(Nc1ccccc1SC)c1ccccc1OC. The summed E-state index contributed by atoms with van der Waals surface area (Å²) >= 11 is 1.76. The zero-order valence-corrected chi connectivity index (χ0v) is 13.0. The molecule has 0 radical (unpaired) electrons. The van der Waals surface area contributed by atoms with Gasteiger partial charge in [0.15, 0.2) is 0 Å². The van der Waals surface area contributed by atoms with E-state index in [1.54, 1.807) is 18.9 Å². The summed E-state index contributed by atoms with van der Waals surface area (Å²) in [5.74, 6) is 0.938. The molecule has 0 aliphatic carbocycles. The number of hydrogen-bond donors (Lipinski definition) is 1. The van der Waals surface area contributed by atoms with Crippen LogP contribution in [0.2, 0.25) is 0 Å². The van der Waals surface area contributed by atoms with Gasteiger partial charge in [0.2, 0.25) is 0 Å². The molecular formula is C17H21NOS. The van der Waals surface area contributed by atoms with Gasteiger partial charge in [0.1, 0.15) is 5.75 Å². The van der Waals surface area contributed by atoms with E-state index >= 15 is 0 Å². The van der Waals surface area contributed by atoms with E-state index in [-0.39, 0.29) is 6.04 Å². The third kappa shape index (κ3) is 3.28. The van der Waals surface area contributed by atoms with Crippen molar-refractivity contribution in [3.8, 4) is 5.75 Å². The Labute approximate surface area is 125 Å². The zero-order chi connectivity index (χ0) is 14.4. The normalized spacial score (nSPS) is 11.9. The Hall–Kier alpha value is -1.61. The van der Waals surface area contributed by atoms with Crippen molar-refractivity contribution in [1.82, 2.24) is 0 Å². The van der Waals surface area contributed by atoms with E-state index < -0.39 is 0 Å². The Morgan fingerprint density at radius 1 is 1.10 bits per heavy atom. The maximum absolute atomic E-state index is 5.48. The average molecular weight is 287 g/mol. The lowest BCUT2D eigenvalue weighted by atomic mass is 10.0. The highest BCUT2D eigenvalue weighted by atomic mass is 32.2. The number of para-hydroxylation sites is 2. The van der Waals surface area contributed by atoms with Gasteiger partial charge < -0.3 is 10.1 Å². The molecule has 0 amide bonds. The van der Waals surface area contributed by atoms with Gasteiger partial charge in [0, 0.05) is 16.1 Å². The van der Waals surface area contributed by atoms with Crippen LogP contribution in [0.25, 0.3) is 0 Å². The molecule has 0 fully saturated rings. The highest BCUT2D eigenvalue weighted by molar-refractivity contribution is 7.98. The maximum Gasteiger partial charge on any atom is 0.124 e. The highest BCUT2D eigenvalue weighted by Gasteiger charge is 2.14. The lowest BCUT2D eigenvalue weighted by Crippen LogP contribution is -2.11. The van der Waals surface area contributed by atoms with Gasteiger partial charge in [0.25, 0.3) is 0 Å². The van der Waals surface area contributed by atoms with E-state index in [1.807, 2.05) is 12.1 Å². The molecule has 1 unspecified atom stereocenters. The molecule has 0 aliphatic heterocycles. The fourth-order valence-electron chi connectivity index (χ4n) is 2.31. The van der Waals surface area contributed by atoms with Crippen LogP contribution in [0.4, 0.5) is 5.69 Å². The first-order valence-corrected chi connectivity index (χ1v) is 8.05. The Balaban J connectivity index is 2.29. The molecule has 0 aromatic heterocycles. The third-order valence-corrected chi connectivity index (χ3v) is 4.16. The first-order valence-electron chi connectivity index (χ1n) is 6.82. The summed E-state index contributed by atoms with van der Waals surface area (Å²) in [6.45, 7) is 2.19. The van der Waals surface area contributed by atoms with Gasteiger partial charge in [-0.3, -0.25) is 0 Å². The van der Waals surface area contributed by atoms with Crippen molar-refractivity contribution in [3.63, 3.8) is 0 Å². The van der Waals surface area contributed by atoms with Gasteiger partial charge in [0.05, 0.1) is 13.2 Å². The summed E-state index contributed by atoms with van der Waals surface area (Å²) in [6, 6.07) is 16.9. The summed E-state index contributed by atoms with van der Waals surface area (Å²) in [5.41, 5.74) is 2.38. The molecule has 0 spiro atoms. The number of hydrogen-bond acceptors (Lipinski definition) is 3. The Kier molecular flexibility index (Phi) is 5.36. The molecule has 0 saturated carbocycles. The van der Waals surface area contributed by atoms with Crippen LogP contribution in [0.5, 0.6) is 5.75 Å². The second-order valence-electron chi connectivity index (χ2n) is 4.55.